The molecule has 0 spiro atoms. The molecule has 11 heteroatoms. The molecular formula is C28H23F3N4O3S. The van der Waals surface area contributed by atoms with Gasteiger partial charge in [0, 0.05) is 11.3 Å². The van der Waals surface area contributed by atoms with Crippen LogP contribution >= 0.6 is 11.8 Å². The van der Waals surface area contributed by atoms with Crippen molar-refractivity contribution in [2.24, 2.45) is 0 Å². The molecule has 0 bridgehead atoms. The van der Waals surface area contributed by atoms with Crippen LogP contribution in [0.3, 0.4) is 0 Å². The smallest absolute Gasteiger partial charge is 0.433 e. The summed E-state index contributed by atoms with van der Waals surface area (Å²) in [6, 6.07) is 14.8. The van der Waals surface area contributed by atoms with Crippen LogP contribution < -0.4 is 14.8 Å². The van der Waals surface area contributed by atoms with E-state index in [4.69, 9.17) is 9.47 Å². The second-order valence-corrected chi connectivity index (χ2v) is 9.27. The molecule has 0 saturated heterocycles. The second kappa shape index (κ2) is 12.4. The number of aryl methyl sites for hydroxylation is 2. The predicted octanol–water partition coefficient (Wildman–Crippen LogP) is 6.44. The number of amides is 1. The Balaban J connectivity index is 1.91. The lowest BCUT2D eigenvalue weighted by atomic mass is 10.1. The van der Waals surface area contributed by atoms with Crippen LogP contribution in [-0.2, 0) is 16.7 Å². The van der Waals surface area contributed by atoms with Crippen LogP contribution in [0.5, 0.6) is 11.5 Å². The van der Waals surface area contributed by atoms with E-state index in [2.05, 4.69) is 10.3 Å². The van der Waals surface area contributed by atoms with E-state index in [1.807, 2.05) is 25.1 Å². The SMILES string of the molecule is COc1ccc(/C=C(\C#N)C(=O)Nc2cc(C)ccc2OC)cc1CSc1nc(C(F)(F)F)cc(C)c1C#N. The van der Waals surface area contributed by atoms with Gasteiger partial charge in [0.1, 0.15) is 39.9 Å². The average molecular weight is 553 g/mol. The molecule has 2 aromatic carbocycles. The van der Waals surface area contributed by atoms with Crippen LogP contribution in [0.15, 0.2) is 53.1 Å². The number of halogens is 3. The fraction of sp³-hybridized carbons (Fsp3) is 0.214. The van der Waals surface area contributed by atoms with Gasteiger partial charge < -0.3 is 14.8 Å². The highest BCUT2D eigenvalue weighted by molar-refractivity contribution is 7.98. The summed E-state index contributed by atoms with van der Waals surface area (Å²) in [5.74, 6) is 0.344. The standard InChI is InChI=1S/C28H23F3N4O3S/c1-16-5-7-24(38-4)22(9-16)34-26(36)19(13-32)11-18-6-8-23(37-3)20(12-18)15-39-27-21(14-33)17(2)10-25(35-27)28(29,30)31/h5-12H,15H2,1-4H3,(H,34,36)/b19-11+. The number of ether oxygens (including phenoxy) is 2. The van der Waals surface area contributed by atoms with E-state index in [1.54, 1.807) is 30.3 Å². The molecule has 3 aromatic rings. The fourth-order valence-corrected chi connectivity index (χ4v) is 4.63. The Bertz CT molecular complexity index is 1520. The fourth-order valence-electron chi connectivity index (χ4n) is 3.60. The number of anilines is 1. The first-order chi connectivity index (χ1) is 18.5. The topological polar surface area (TPSA) is 108 Å². The van der Waals surface area contributed by atoms with Gasteiger partial charge in [-0.2, -0.15) is 23.7 Å². The van der Waals surface area contributed by atoms with Gasteiger partial charge in [0.15, 0.2) is 0 Å². The number of thioether (sulfide) groups is 1. The van der Waals surface area contributed by atoms with Crippen molar-refractivity contribution in [2.75, 3.05) is 19.5 Å². The average Bonchev–Trinajstić information content (AvgIpc) is 2.89. The number of rotatable bonds is 8. The van der Waals surface area contributed by atoms with E-state index in [9.17, 15) is 28.5 Å². The number of aromatic nitrogens is 1. The summed E-state index contributed by atoms with van der Waals surface area (Å²) >= 11 is 0.953. The number of benzene rings is 2. The molecule has 39 heavy (non-hydrogen) atoms. The van der Waals surface area contributed by atoms with Gasteiger partial charge in [-0.05, 0) is 66.9 Å². The zero-order valence-corrected chi connectivity index (χ0v) is 22.3. The van der Waals surface area contributed by atoms with E-state index in [1.165, 1.54) is 27.2 Å². The van der Waals surface area contributed by atoms with Crippen molar-refractivity contribution >= 4 is 29.4 Å². The maximum Gasteiger partial charge on any atom is 0.433 e. The largest absolute Gasteiger partial charge is 0.496 e. The quantitative estimate of drug-likeness (QED) is 0.195. The van der Waals surface area contributed by atoms with Gasteiger partial charge in [0.2, 0.25) is 0 Å². The molecule has 0 fully saturated rings. The van der Waals surface area contributed by atoms with Crippen LogP contribution in [-0.4, -0.2) is 25.1 Å². The number of carbonyl (C=O) groups excluding carboxylic acids is 1. The molecule has 0 aliphatic carbocycles. The molecule has 1 amide bonds. The van der Waals surface area contributed by atoms with Crippen LogP contribution in [0.1, 0.15) is 33.5 Å². The van der Waals surface area contributed by atoms with E-state index in [0.717, 1.165) is 23.4 Å². The minimum absolute atomic E-state index is 0.0537. The number of alkyl halides is 3. The summed E-state index contributed by atoms with van der Waals surface area (Å²) in [5.41, 5.74) is 1.31. The summed E-state index contributed by atoms with van der Waals surface area (Å²) in [6.45, 7) is 3.27. The van der Waals surface area contributed by atoms with Crippen LogP contribution in [0.2, 0.25) is 0 Å². The first-order valence-corrected chi connectivity index (χ1v) is 12.4. The zero-order chi connectivity index (χ0) is 28.7. The molecule has 0 aliphatic rings. The third-order valence-electron chi connectivity index (χ3n) is 5.53. The van der Waals surface area contributed by atoms with Gasteiger partial charge >= 0.3 is 6.18 Å². The Hall–Kier alpha value is -4.48. The lowest BCUT2D eigenvalue weighted by Gasteiger charge is -2.13. The normalized spacial score (nSPS) is 11.4. The van der Waals surface area contributed by atoms with Crippen molar-refractivity contribution in [1.82, 2.24) is 4.98 Å². The van der Waals surface area contributed by atoms with Gasteiger partial charge in [-0.3, -0.25) is 4.79 Å². The number of methoxy groups -OCH3 is 2. The molecule has 1 N–H and O–H groups in total. The summed E-state index contributed by atoms with van der Waals surface area (Å²) in [5, 5.41) is 21.7. The summed E-state index contributed by atoms with van der Waals surface area (Å²) in [4.78, 5) is 16.5. The number of hydrogen-bond acceptors (Lipinski definition) is 7. The highest BCUT2D eigenvalue weighted by atomic mass is 32.2. The zero-order valence-electron chi connectivity index (χ0n) is 21.4. The van der Waals surface area contributed by atoms with Crippen LogP contribution in [0.4, 0.5) is 18.9 Å². The van der Waals surface area contributed by atoms with Gasteiger partial charge in [-0.15, -0.1) is 11.8 Å². The maximum absolute atomic E-state index is 13.3. The number of pyridine rings is 1. The molecule has 7 nitrogen and oxygen atoms in total. The molecule has 200 valence electrons. The number of nitrogens with one attached hydrogen (secondary N) is 1. The van der Waals surface area contributed by atoms with E-state index in [0.29, 0.717) is 28.3 Å². The molecular weight excluding hydrogens is 529 g/mol. The lowest BCUT2D eigenvalue weighted by Crippen LogP contribution is -2.14. The Morgan fingerprint density at radius 1 is 1.08 bits per heavy atom. The summed E-state index contributed by atoms with van der Waals surface area (Å²) < 4.78 is 50.5. The van der Waals surface area contributed by atoms with Gasteiger partial charge in [0.25, 0.3) is 5.91 Å². The minimum Gasteiger partial charge on any atom is -0.496 e. The third-order valence-corrected chi connectivity index (χ3v) is 6.56. The predicted molar refractivity (Wildman–Crippen MR) is 141 cm³/mol. The van der Waals surface area contributed by atoms with Crippen molar-refractivity contribution in [3.8, 4) is 23.6 Å². The van der Waals surface area contributed by atoms with Crippen molar-refractivity contribution in [3.05, 3.63) is 81.5 Å². The molecule has 3 rings (SSSR count). The highest BCUT2D eigenvalue weighted by Crippen LogP contribution is 2.35. The van der Waals surface area contributed by atoms with Crippen molar-refractivity contribution < 1.29 is 27.4 Å². The number of hydrogen-bond donors (Lipinski definition) is 1. The first-order valence-electron chi connectivity index (χ1n) is 11.4. The van der Waals surface area contributed by atoms with Crippen LogP contribution in [0.25, 0.3) is 6.08 Å². The highest BCUT2D eigenvalue weighted by Gasteiger charge is 2.34. The van der Waals surface area contributed by atoms with Crippen molar-refractivity contribution in [3.63, 3.8) is 0 Å². The Morgan fingerprint density at radius 2 is 1.77 bits per heavy atom. The summed E-state index contributed by atoms with van der Waals surface area (Å²) in [6.07, 6.45) is -3.27. The molecule has 1 heterocycles. The molecule has 0 saturated carbocycles. The van der Waals surface area contributed by atoms with Crippen molar-refractivity contribution in [2.45, 2.75) is 30.8 Å². The lowest BCUT2D eigenvalue weighted by molar-refractivity contribution is -0.141. The van der Waals surface area contributed by atoms with Crippen molar-refractivity contribution in [1.29, 1.82) is 10.5 Å². The van der Waals surface area contributed by atoms with Gasteiger partial charge in [-0.25, -0.2) is 4.98 Å². The van der Waals surface area contributed by atoms with Crippen LogP contribution in [0, 0.1) is 36.5 Å². The molecule has 0 radical (unpaired) electrons. The second-order valence-electron chi connectivity index (χ2n) is 8.30. The molecule has 0 aliphatic heterocycles. The van der Waals surface area contributed by atoms with E-state index >= 15 is 0 Å². The Kier molecular flexibility index (Phi) is 9.23. The van der Waals surface area contributed by atoms with E-state index < -0.39 is 17.8 Å². The number of nitrogens with zero attached hydrogens (tertiary/aromatic N) is 3. The van der Waals surface area contributed by atoms with E-state index in [-0.39, 0.29) is 27.5 Å². The Labute approximate surface area is 227 Å². The molecule has 0 unspecified atom stereocenters. The first kappa shape index (κ1) is 29.1. The molecule has 1 aromatic heterocycles. The van der Waals surface area contributed by atoms with Gasteiger partial charge in [0.05, 0.1) is 25.5 Å². The maximum atomic E-state index is 13.3. The molecule has 0 atom stereocenters. The number of nitriles is 2. The van der Waals surface area contributed by atoms with Gasteiger partial charge in [-0.1, -0.05) is 12.1 Å². The minimum atomic E-state index is -4.66. The number of carbonyl (C=O) groups is 1. The Morgan fingerprint density at radius 3 is 2.38 bits per heavy atom. The summed E-state index contributed by atoms with van der Waals surface area (Å²) in [7, 11) is 2.91. The monoisotopic (exact) mass is 552 g/mol. The third kappa shape index (κ3) is 7.09.